The minimum Gasteiger partial charge on any atom is -0.400 e. The molecule has 0 unspecified atom stereocenters. The molecule has 0 fully saturated rings. The molecule has 0 saturated carbocycles. The van der Waals surface area contributed by atoms with E-state index in [1.807, 2.05) is 30.3 Å². The van der Waals surface area contributed by atoms with Crippen molar-refractivity contribution < 1.29 is 14.1 Å². The van der Waals surface area contributed by atoms with Gasteiger partial charge in [0.05, 0.1) is 12.3 Å². The Morgan fingerprint density at radius 1 is 1.32 bits per heavy atom. The molecule has 0 bridgehead atoms. The van der Waals surface area contributed by atoms with Crippen LogP contribution in [-0.4, -0.2) is 37.3 Å². The van der Waals surface area contributed by atoms with E-state index in [0.717, 1.165) is 16.6 Å². The average Bonchev–Trinajstić information content (AvgIpc) is 3.25. The van der Waals surface area contributed by atoms with Crippen LogP contribution in [0.5, 0.6) is 0 Å². The lowest BCUT2D eigenvalue weighted by atomic mass is 10.2. The van der Waals surface area contributed by atoms with Crippen LogP contribution in [0.1, 0.15) is 5.76 Å². The zero-order valence-corrected chi connectivity index (χ0v) is 12.6. The van der Waals surface area contributed by atoms with Crippen LogP contribution in [0.25, 0.3) is 11.4 Å². The van der Waals surface area contributed by atoms with E-state index in [1.165, 1.54) is 12.1 Å². The molecule has 11 nitrogen and oxygen atoms in total. The van der Waals surface area contributed by atoms with Gasteiger partial charge in [0.1, 0.15) is 11.5 Å². The predicted octanol–water partition coefficient (Wildman–Crippen LogP) is 0.992. The Kier molecular flexibility index (Phi) is 4.55. The highest BCUT2D eigenvalue weighted by Gasteiger charge is 2.11. The van der Waals surface area contributed by atoms with Gasteiger partial charge in [0.25, 0.3) is 5.91 Å². The summed E-state index contributed by atoms with van der Waals surface area (Å²) in [6.45, 7) is -0.185. The van der Waals surface area contributed by atoms with Gasteiger partial charge in [0, 0.05) is 5.56 Å². The van der Waals surface area contributed by atoms with E-state index >= 15 is 0 Å². The highest BCUT2D eigenvalue weighted by atomic mass is 16.6. The number of aromatic nitrogens is 4. The number of tetrazole rings is 1. The maximum absolute atomic E-state index is 11.8. The Morgan fingerprint density at radius 2 is 2.12 bits per heavy atom. The summed E-state index contributed by atoms with van der Waals surface area (Å²) in [6.07, 6.45) is 1.15. The highest BCUT2D eigenvalue weighted by molar-refractivity contribution is 5.80. The van der Waals surface area contributed by atoms with Crippen LogP contribution >= 0.6 is 0 Å². The summed E-state index contributed by atoms with van der Waals surface area (Å²) in [7, 11) is 0. The molecule has 11 heteroatoms. The topological polar surface area (TPSA) is 141 Å². The number of carbonyl (C=O) groups is 1. The summed E-state index contributed by atoms with van der Waals surface area (Å²) >= 11 is 0. The van der Waals surface area contributed by atoms with Gasteiger partial charge in [-0.1, -0.05) is 30.3 Å². The molecule has 0 aliphatic heterocycles. The van der Waals surface area contributed by atoms with Crippen LogP contribution in [0, 0.1) is 10.1 Å². The van der Waals surface area contributed by atoms with E-state index in [4.69, 9.17) is 4.42 Å². The van der Waals surface area contributed by atoms with E-state index in [9.17, 15) is 14.9 Å². The van der Waals surface area contributed by atoms with E-state index in [1.54, 1.807) is 0 Å². The molecule has 0 saturated heterocycles. The van der Waals surface area contributed by atoms with Crippen LogP contribution in [0.2, 0.25) is 0 Å². The van der Waals surface area contributed by atoms with E-state index in [2.05, 4.69) is 25.9 Å². The van der Waals surface area contributed by atoms with Crippen molar-refractivity contribution in [3.05, 3.63) is 58.3 Å². The normalized spacial score (nSPS) is 10.9. The smallest absolute Gasteiger partial charge is 0.400 e. The van der Waals surface area contributed by atoms with Gasteiger partial charge >= 0.3 is 5.88 Å². The van der Waals surface area contributed by atoms with Crippen LogP contribution in [0.15, 0.2) is 52.0 Å². The lowest BCUT2D eigenvalue weighted by molar-refractivity contribution is -0.402. The van der Waals surface area contributed by atoms with Crippen molar-refractivity contribution in [1.82, 2.24) is 25.6 Å². The first-order valence-corrected chi connectivity index (χ1v) is 7.01. The van der Waals surface area contributed by atoms with Crippen LogP contribution in [0.4, 0.5) is 5.88 Å². The quantitative estimate of drug-likeness (QED) is 0.400. The van der Waals surface area contributed by atoms with Gasteiger partial charge < -0.3 is 4.42 Å². The molecule has 0 radical (unpaired) electrons. The van der Waals surface area contributed by atoms with Gasteiger partial charge in [-0.3, -0.25) is 14.9 Å². The van der Waals surface area contributed by atoms with Crippen molar-refractivity contribution >= 4 is 18.0 Å². The molecule has 1 N–H and O–H groups in total. The number of nitro groups is 1. The van der Waals surface area contributed by atoms with Gasteiger partial charge in [-0.2, -0.15) is 9.90 Å². The molecule has 3 aromatic rings. The second kappa shape index (κ2) is 7.12. The largest absolute Gasteiger partial charge is 0.433 e. The summed E-state index contributed by atoms with van der Waals surface area (Å²) in [4.78, 5) is 22.7. The fourth-order valence-corrected chi connectivity index (χ4v) is 1.85. The number of rotatable bonds is 6. The number of furan rings is 1. The Balaban J connectivity index is 1.55. The fraction of sp³-hybridized carbons (Fsp3) is 0.0714. The van der Waals surface area contributed by atoms with Crippen LogP contribution in [0.3, 0.4) is 0 Å². The Morgan fingerprint density at radius 3 is 2.84 bits per heavy atom. The summed E-state index contributed by atoms with van der Waals surface area (Å²) in [6, 6.07) is 11.8. The van der Waals surface area contributed by atoms with Crippen molar-refractivity contribution in [3.8, 4) is 11.4 Å². The molecule has 25 heavy (non-hydrogen) atoms. The molecule has 1 amide bonds. The number of hydrogen-bond acceptors (Lipinski definition) is 8. The molecule has 0 aliphatic carbocycles. The number of hydrazone groups is 1. The molecular formula is C14H11N7O4. The Hall–Kier alpha value is -3.89. The molecule has 0 spiro atoms. The number of amides is 1. The molecule has 2 aromatic heterocycles. The Labute approximate surface area is 140 Å². The van der Waals surface area contributed by atoms with Crippen molar-refractivity contribution in [2.24, 2.45) is 5.10 Å². The number of benzene rings is 1. The molecule has 0 atom stereocenters. The molecule has 0 aliphatic rings. The van der Waals surface area contributed by atoms with Crippen molar-refractivity contribution in [2.75, 3.05) is 0 Å². The van der Waals surface area contributed by atoms with Gasteiger partial charge in [0.2, 0.25) is 5.82 Å². The zero-order chi connectivity index (χ0) is 17.6. The summed E-state index contributed by atoms with van der Waals surface area (Å²) < 4.78 is 4.86. The zero-order valence-electron chi connectivity index (χ0n) is 12.6. The third kappa shape index (κ3) is 4.10. The van der Waals surface area contributed by atoms with E-state index in [0.29, 0.717) is 5.82 Å². The minimum atomic E-state index is -0.670. The number of nitrogens with one attached hydrogen (secondary N) is 1. The van der Waals surface area contributed by atoms with Crippen LogP contribution < -0.4 is 5.43 Å². The molecule has 3 rings (SSSR count). The SMILES string of the molecule is O=C(Cn1nnc(-c2ccccc2)n1)N/N=C/c1ccc([N+](=O)[O-])o1. The third-order valence-corrected chi connectivity index (χ3v) is 2.94. The lowest BCUT2D eigenvalue weighted by Crippen LogP contribution is -2.24. The molecule has 126 valence electrons. The Bertz CT molecular complexity index is 916. The van der Waals surface area contributed by atoms with Crippen molar-refractivity contribution in [2.45, 2.75) is 6.54 Å². The second-order valence-electron chi connectivity index (χ2n) is 4.74. The van der Waals surface area contributed by atoms with Gasteiger partial charge in [-0.15, -0.1) is 10.2 Å². The van der Waals surface area contributed by atoms with E-state index in [-0.39, 0.29) is 12.3 Å². The monoisotopic (exact) mass is 341 g/mol. The number of hydrogen-bond donors (Lipinski definition) is 1. The molecular weight excluding hydrogens is 330 g/mol. The van der Waals surface area contributed by atoms with Crippen LogP contribution in [-0.2, 0) is 11.3 Å². The fourth-order valence-electron chi connectivity index (χ4n) is 1.85. The maximum Gasteiger partial charge on any atom is 0.433 e. The predicted molar refractivity (Wildman–Crippen MR) is 84.4 cm³/mol. The number of nitrogens with zero attached hydrogens (tertiary/aromatic N) is 6. The lowest BCUT2D eigenvalue weighted by Gasteiger charge is -1.97. The first kappa shape index (κ1) is 16.0. The van der Waals surface area contributed by atoms with E-state index < -0.39 is 16.7 Å². The first-order valence-electron chi connectivity index (χ1n) is 7.01. The van der Waals surface area contributed by atoms with Crippen molar-refractivity contribution in [3.63, 3.8) is 0 Å². The summed E-state index contributed by atoms with van der Waals surface area (Å²) in [5.41, 5.74) is 3.02. The minimum absolute atomic E-state index is 0.136. The summed E-state index contributed by atoms with van der Waals surface area (Å²) in [5.74, 6) is -0.362. The van der Waals surface area contributed by atoms with Crippen molar-refractivity contribution in [1.29, 1.82) is 0 Å². The van der Waals surface area contributed by atoms with Gasteiger partial charge in [-0.25, -0.2) is 5.43 Å². The average molecular weight is 341 g/mol. The first-order chi connectivity index (χ1) is 12.1. The highest BCUT2D eigenvalue weighted by Crippen LogP contribution is 2.13. The summed E-state index contributed by atoms with van der Waals surface area (Å²) in [5, 5.41) is 25.9. The second-order valence-corrected chi connectivity index (χ2v) is 4.74. The number of carbonyl (C=O) groups excluding carboxylic acids is 1. The standard InChI is InChI=1S/C14H11N7O4/c22-12(16-15-8-11-6-7-13(25-11)21(23)24)9-20-18-14(17-19-20)10-4-2-1-3-5-10/h1-8H,9H2,(H,16,22)/b15-8+. The molecule has 2 heterocycles. The maximum atomic E-state index is 11.8. The van der Waals surface area contributed by atoms with Gasteiger partial charge in [-0.05, 0) is 11.3 Å². The molecule has 1 aromatic carbocycles. The van der Waals surface area contributed by atoms with Gasteiger partial charge in [0.15, 0.2) is 5.76 Å². The third-order valence-electron chi connectivity index (χ3n) is 2.94.